The van der Waals surface area contributed by atoms with E-state index >= 15 is 0 Å². The molecule has 0 unspecified atom stereocenters. The molecule has 1 heterocycles. The summed E-state index contributed by atoms with van der Waals surface area (Å²) in [4.78, 5) is 8.94. The Kier molecular flexibility index (Phi) is 6.01. The zero-order chi connectivity index (χ0) is 15.8. The molecule has 0 bridgehead atoms. The molecule has 1 N–H and O–H groups in total. The second-order valence-electron chi connectivity index (χ2n) is 4.86. The predicted octanol–water partition coefficient (Wildman–Crippen LogP) is 3.45. The van der Waals surface area contributed by atoms with Crippen molar-refractivity contribution in [2.24, 2.45) is 0 Å². The number of benzene rings is 1. The average Bonchev–Trinajstić information content (AvgIpc) is 2.54. The Morgan fingerprint density at radius 1 is 1.14 bits per heavy atom. The van der Waals surface area contributed by atoms with Gasteiger partial charge in [0.05, 0.1) is 13.7 Å². The van der Waals surface area contributed by atoms with Crippen molar-refractivity contribution in [1.82, 2.24) is 9.97 Å². The largest absolute Gasteiger partial charge is 0.496 e. The van der Waals surface area contributed by atoms with Crippen molar-refractivity contribution in [3.05, 3.63) is 41.7 Å². The summed E-state index contributed by atoms with van der Waals surface area (Å²) in [6.45, 7) is 5.29. The van der Waals surface area contributed by atoms with Crippen LogP contribution >= 0.6 is 0 Å². The lowest BCUT2D eigenvalue weighted by Gasteiger charge is -2.12. The molecule has 0 radical (unpaired) electrons. The van der Waals surface area contributed by atoms with E-state index in [0.29, 0.717) is 19.0 Å². The minimum absolute atomic E-state index is 0.592. The number of ether oxygens (including phenoxy) is 2. The number of nitrogens with zero attached hydrogens (tertiary/aromatic N) is 2. The first-order chi connectivity index (χ1) is 10.8. The van der Waals surface area contributed by atoms with Gasteiger partial charge >= 0.3 is 0 Å². The van der Waals surface area contributed by atoms with Crippen LogP contribution in [0.1, 0.15) is 31.7 Å². The number of anilines is 1. The molecule has 0 saturated heterocycles. The van der Waals surface area contributed by atoms with Crippen LogP contribution in [0.15, 0.2) is 30.3 Å². The Hall–Kier alpha value is -2.30. The zero-order valence-corrected chi connectivity index (χ0v) is 13.4. The van der Waals surface area contributed by atoms with Crippen molar-refractivity contribution in [3.63, 3.8) is 0 Å². The van der Waals surface area contributed by atoms with E-state index in [0.717, 1.165) is 35.8 Å². The fraction of sp³-hybridized carbons (Fsp3) is 0.412. The molecular weight excluding hydrogens is 278 g/mol. The molecule has 0 aliphatic carbocycles. The van der Waals surface area contributed by atoms with Crippen LogP contribution in [0, 0.1) is 0 Å². The lowest BCUT2D eigenvalue weighted by molar-refractivity contribution is 0.325. The molecule has 0 amide bonds. The molecule has 0 aliphatic rings. The molecule has 2 aromatic rings. The number of rotatable bonds is 8. The van der Waals surface area contributed by atoms with Crippen molar-refractivity contribution >= 4 is 5.82 Å². The normalized spacial score (nSPS) is 10.3. The molecule has 1 aromatic heterocycles. The highest BCUT2D eigenvalue weighted by Gasteiger charge is 2.06. The predicted molar refractivity (Wildman–Crippen MR) is 87.5 cm³/mol. The van der Waals surface area contributed by atoms with Crippen molar-refractivity contribution in [3.8, 4) is 11.6 Å². The standard InChI is InChI=1S/C17H23N3O2/c1-4-8-15-19-16(11-17(20-15)22-5-2)18-12-13-9-6-7-10-14(13)21-3/h6-7,9-11H,4-5,8,12H2,1-3H3,(H,18,19,20). The first-order valence-electron chi connectivity index (χ1n) is 7.63. The van der Waals surface area contributed by atoms with Gasteiger partial charge in [-0.25, -0.2) is 4.98 Å². The van der Waals surface area contributed by atoms with Crippen molar-refractivity contribution < 1.29 is 9.47 Å². The van der Waals surface area contributed by atoms with Crippen molar-refractivity contribution in [1.29, 1.82) is 0 Å². The first-order valence-corrected chi connectivity index (χ1v) is 7.63. The van der Waals surface area contributed by atoms with Crippen LogP contribution in [0.5, 0.6) is 11.6 Å². The van der Waals surface area contributed by atoms with Gasteiger partial charge in [-0.2, -0.15) is 4.98 Å². The van der Waals surface area contributed by atoms with Gasteiger partial charge in [0.25, 0.3) is 0 Å². The SMILES string of the molecule is CCCc1nc(NCc2ccccc2OC)cc(OCC)n1. The Morgan fingerprint density at radius 2 is 1.95 bits per heavy atom. The van der Waals surface area contributed by atoms with E-state index in [1.54, 1.807) is 7.11 Å². The summed E-state index contributed by atoms with van der Waals surface area (Å²) in [5.41, 5.74) is 1.08. The van der Waals surface area contributed by atoms with Crippen LogP contribution < -0.4 is 14.8 Å². The van der Waals surface area contributed by atoms with E-state index in [2.05, 4.69) is 22.2 Å². The van der Waals surface area contributed by atoms with E-state index < -0.39 is 0 Å². The summed E-state index contributed by atoms with van der Waals surface area (Å²) in [5.74, 6) is 3.05. The second kappa shape index (κ2) is 8.22. The number of methoxy groups -OCH3 is 1. The third kappa shape index (κ3) is 4.35. The van der Waals surface area contributed by atoms with Crippen LogP contribution in [0.2, 0.25) is 0 Å². The smallest absolute Gasteiger partial charge is 0.218 e. The molecule has 0 spiro atoms. The number of nitrogens with one attached hydrogen (secondary N) is 1. The molecule has 0 atom stereocenters. The molecule has 5 nitrogen and oxygen atoms in total. The van der Waals surface area contributed by atoms with Gasteiger partial charge < -0.3 is 14.8 Å². The Labute approximate surface area is 131 Å². The van der Waals surface area contributed by atoms with Gasteiger partial charge in [-0.3, -0.25) is 0 Å². The minimum atomic E-state index is 0.592. The summed E-state index contributed by atoms with van der Waals surface area (Å²) in [5, 5.41) is 3.32. The number of hydrogen-bond donors (Lipinski definition) is 1. The molecule has 0 saturated carbocycles. The van der Waals surface area contributed by atoms with Gasteiger partial charge in [-0.15, -0.1) is 0 Å². The van der Waals surface area contributed by atoms with Crippen LogP contribution in [-0.2, 0) is 13.0 Å². The maximum absolute atomic E-state index is 5.51. The fourth-order valence-corrected chi connectivity index (χ4v) is 2.16. The maximum atomic E-state index is 5.51. The van der Waals surface area contributed by atoms with Crippen LogP contribution in [0.25, 0.3) is 0 Å². The topological polar surface area (TPSA) is 56.3 Å². The third-order valence-corrected chi connectivity index (χ3v) is 3.17. The van der Waals surface area contributed by atoms with Gasteiger partial charge in [-0.1, -0.05) is 25.1 Å². The third-order valence-electron chi connectivity index (χ3n) is 3.17. The number of hydrogen-bond acceptors (Lipinski definition) is 5. The Balaban J connectivity index is 2.14. The highest BCUT2D eigenvalue weighted by atomic mass is 16.5. The molecule has 118 valence electrons. The van der Waals surface area contributed by atoms with Gasteiger partial charge in [0, 0.05) is 24.6 Å². The molecule has 2 rings (SSSR count). The molecule has 22 heavy (non-hydrogen) atoms. The summed E-state index contributed by atoms with van der Waals surface area (Å²) in [6, 6.07) is 9.76. The van der Waals surface area contributed by atoms with Crippen LogP contribution in [-0.4, -0.2) is 23.7 Å². The first kappa shape index (κ1) is 16.1. The summed E-state index contributed by atoms with van der Waals surface area (Å²) in [7, 11) is 1.68. The Bertz CT molecular complexity index is 578. The van der Waals surface area contributed by atoms with E-state index in [-0.39, 0.29) is 0 Å². The molecule has 5 heteroatoms. The van der Waals surface area contributed by atoms with Crippen molar-refractivity contribution in [2.45, 2.75) is 33.2 Å². The minimum Gasteiger partial charge on any atom is -0.496 e. The molecule has 1 aromatic carbocycles. The fourth-order valence-electron chi connectivity index (χ4n) is 2.16. The number of aromatic nitrogens is 2. The van der Waals surface area contributed by atoms with Crippen LogP contribution in [0.3, 0.4) is 0 Å². The molecule has 0 fully saturated rings. The maximum Gasteiger partial charge on any atom is 0.218 e. The number of para-hydroxylation sites is 1. The second-order valence-corrected chi connectivity index (χ2v) is 4.86. The average molecular weight is 301 g/mol. The summed E-state index contributed by atoms with van der Waals surface area (Å²) in [6.07, 6.45) is 1.84. The van der Waals surface area contributed by atoms with E-state index in [1.165, 1.54) is 0 Å². The van der Waals surface area contributed by atoms with Crippen molar-refractivity contribution in [2.75, 3.05) is 19.0 Å². The quantitative estimate of drug-likeness (QED) is 0.809. The van der Waals surface area contributed by atoms with E-state index in [9.17, 15) is 0 Å². The summed E-state index contributed by atoms with van der Waals surface area (Å²) >= 11 is 0. The Morgan fingerprint density at radius 3 is 2.68 bits per heavy atom. The highest BCUT2D eigenvalue weighted by Crippen LogP contribution is 2.20. The van der Waals surface area contributed by atoms with Crippen LogP contribution in [0.4, 0.5) is 5.82 Å². The monoisotopic (exact) mass is 301 g/mol. The van der Waals surface area contributed by atoms with Gasteiger partial charge in [-0.05, 0) is 19.4 Å². The lowest BCUT2D eigenvalue weighted by atomic mass is 10.2. The lowest BCUT2D eigenvalue weighted by Crippen LogP contribution is -2.07. The van der Waals surface area contributed by atoms with E-state index in [4.69, 9.17) is 9.47 Å². The zero-order valence-electron chi connectivity index (χ0n) is 13.4. The summed E-state index contributed by atoms with van der Waals surface area (Å²) < 4.78 is 10.9. The molecule has 0 aliphatic heterocycles. The van der Waals surface area contributed by atoms with Gasteiger partial charge in [0.2, 0.25) is 5.88 Å². The molecular formula is C17H23N3O2. The highest BCUT2D eigenvalue weighted by molar-refractivity contribution is 5.42. The van der Waals surface area contributed by atoms with Gasteiger partial charge in [0.1, 0.15) is 17.4 Å². The van der Waals surface area contributed by atoms with Gasteiger partial charge in [0.15, 0.2) is 0 Å². The van der Waals surface area contributed by atoms with E-state index in [1.807, 2.05) is 37.3 Å². The number of aryl methyl sites for hydroxylation is 1.